The van der Waals surface area contributed by atoms with Gasteiger partial charge in [0.1, 0.15) is 5.82 Å². The van der Waals surface area contributed by atoms with Gasteiger partial charge in [0.2, 0.25) is 5.28 Å². The van der Waals surface area contributed by atoms with E-state index in [4.69, 9.17) is 16.3 Å². The zero-order chi connectivity index (χ0) is 11.3. The second-order valence-electron chi connectivity index (χ2n) is 2.93. The Morgan fingerprint density at radius 1 is 1.60 bits per heavy atom. The lowest BCUT2D eigenvalue weighted by molar-refractivity contribution is 0.154. The van der Waals surface area contributed by atoms with Gasteiger partial charge in [0.05, 0.1) is 11.1 Å². The summed E-state index contributed by atoms with van der Waals surface area (Å²) in [6, 6.07) is 0. The van der Waals surface area contributed by atoms with Crippen LogP contribution in [0.15, 0.2) is 10.7 Å². The molecule has 0 spiro atoms. The second-order valence-corrected chi connectivity index (χ2v) is 4.12. The van der Waals surface area contributed by atoms with E-state index in [9.17, 15) is 0 Å². The number of hydrogen-bond donors (Lipinski definition) is 0. The molecule has 0 aliphatic rings. The maximum atomic E-state index is 5.72. The molecule has 0 aliphatic heterocycles. The average Bonchev–Trinajstić information content (AvgIpc) is 2.22. The van der Waals surface area contributed by atoms with Crippen molar-refractivity contribution in [1.82, 2.24) is 9.97 Å². The third kappa shape index (κ3) is 3.93. The van der Waals surface area contributed by atoms with Crippen LogP contribution in [0, 0.1) is 0 Å². The first-order valence-corrected chi connectivity index (χ1v) is 5.79. The number of anilines is 1. The van der Waals surface area contributed by atoms with E-state index in [1.54, 1.807) is 6.20 Å². The van der Waals surface area contributed by atoms with E-state index in [0.717, 1.165) is 23.4 Å². The van der Waals surface area contributed by atoms with Crippen molar-refractivity contribution >= 4 is 33.3 Å². The van der Waals surface area contributed by atoms with E-state index in [1.165, 1.54) is 0 Å². The van der Waals surface area contributed by atoms with Crippen LogP contribution in [0.3, 0.4) is 0 Å². The van der Waals surface area contributed by atoms with Gasteiger partial charge in [0, 0.05) is 26.4 Å². The topological polar surface area (TPSA) is 38.2 Å². The molecule has 0 saturated carbocycles. The summed E-state index contributed by atoms with van der Waals surface area (Å²) in [6.07, 6.45) is 1.64. The third-order valence-electron chi connectivity index (χ3n) is 1.83. The Hall–Kier alpha value is -0.390. The molecule has 6 heteroatoms. The van der Waals surface area contributed by atoms with Crippen LogP contribution >= 0.6 is 27.5 Å². The first-order valence-electron chi connectivity index (χ1n) is 4.62. The first kappa shape index (κ1) is 12.7. The van der Waals surface area contributed by atoms with Crippen LogP contribution in [0.1, 0.15) is 6.92 Å². The lowest BCUT2D eigenvalue weighted by atomic mass is 10.5. The van der Waals surface area contributed by atoms with E-state index < -0.39 is 0 Å². The van der Waals surface area contributed by atoms with Crippen molar-refractivity contribution in [2.75, 3.05) is 31.7 Å². The van der Waals surface area contributed by atoms with Gasteiger partial charge in [-0.15, -0.1) is 0 Å². The highest BCUT2D eigenvalue weighted by molar-refractivity contribution is 9.10. The summed E-state index contributed by atoms with van der Waals surface area (Å²) in [5.74, 6) is 0.773. The summed E-state index contributed by atoms with van der Waals surface area (Å²) < 4.78 is 6.09. The molecule has 0 bridgehead atoms. The van der Waals surface area contributed by atoms with Gasteiger partial charge in [-0.3, -0.25) is 0 Å². The van der Waals surface area contributed by atoms with Crippen molar-refractivity contribution in [1.29, 1.82) is 0 Å². The highest BCUT2D eigenvalue weighted by atomic mass is 79.9. The number of likely N-dealkylation sites (N-methyl/N-ethyl adjacent to an activating group) is 1. The Kier molecular flexibility index (Phi) is 5.28. The molecule has 0 aliphatic carbocycles. The molecule has 0 saturated heterocycles. The molecule has 1 aromatic heterocycles. The summed E-state index contributed by atoms with van der Waals surface area (Å²) in [4.78, 5) is 9.96. The van der Waals surface area contributed by atoms with Gasteiger partial charge in [0.25, 0.3) is 0 Å². The van der Waals surface area contributed by atoms with E-state index >= 15 is 0 Å². The Morgan fingerprint density at radius 3 is 3.00 bits per heavy atom. The number of aromatic nitrogens is 2. The molecule has 0 atom stereocenters. The third-order valence-corrected chi connectivity index (χ3v) is 2.57. The average molecular weight is 295 g/mol. The van der Waals surface area contributed by atoms with Crippen molar-refractivity contribution in [2.45, 2.75) is 6.92 Å². The maximum absolute atomic E-state index is 5.72. The van der Waals surface area contributed by atoms with E-state index in [-0.39, 0.29) is 5.28 Å². The van der Waals surface area contributed by atoms with Gasteiger partial charge >= 0.3 is 0 Å². The second kappa shape index (κ2) is 6.25. The standard InChI is InChI=1S/C9H13BrClN3O/c1-3-15-5-4-14(2)8-7(10)6-12-9(11)13-8/h6H,3-5H2,1-2H3. The van der Waals surface area contributed by atoms with E-state index in [2.05, 4.69) is 25.9 Å². The molecule has 1 rings (SSSR count). The van der Waals surface area contributed by atoms with Gasteiger partial charge in [-0.2, -0.15) is 4.98 Å². The molecule has 0 unspecified atom stereocenters. The Balaban J connectivity index is 2.64. The summed E-state index contributed by atoms with van der Waals surface area (Å²) >= 11 is 9.10. The maximum Gasteiger partial charge on any atom is 0.224 e. The van der Waals surface area contributed by atoms with Gasteiger partial charge in [-0.1, -0.05) is 0 Å². The van der Waals surface area contributed by atoms with Crippen LogP contribution in [-0.4, -0.2) is 36.8 Å². The van der Waals surface area contributed by atoms with Crippen LogP contribution < -0.4 is 4.90 Å². The van der Waals surface area contributed by atoms with Crippen LogP contribution in [0.4, 0.5) is 5.82 Å². The minimum Gasteiger partial charge on any atom is -0.380 e. The van der Waals surface area contributed by atoms with Crippen LogP contribution in [0.2, 0.25) is 5.28 Å². The van der Waals surface area contributed by atoms with Crippen molar-refractivity contribution in [3.05, 3.63) is 16.0 Å². The van der Waals surface area contributed by atoms with Gasteiger partial charge in [0.15, 0.2) is 0 Å². The summed E-state index contributed by atoms with van der Waals surface area (Å²) in [5, 5.41) is 0.247. The smallest absolute Gasteiger partial charge is 0.224 e. The van der Waals surface area contributed by atoms with Gasteiger partial charge < -0.3 is 9.64 Å². The van der Waals surface area contributed by atoms with Crippen molar-refractivity contribution in [2.24, 2.45) is 0 Å². The quantitative estimate of drug-likeness (QED) is 0.617. The predicted molar refractivity (Wildman–Crippen MR) is 64.5 cm³/mol. The Morgan fingerprint density at radius 2 is 2.33 bits per heavy atom. The minimum absolute atomic E-state index is 0.247. The molecule has 0 radical (unpaired) electrons. The zero-order valence-electron chi connectivity index (χ0n) is 8.70. The fourth-order valence-corrected chi connectivity index (χ4v) is 1.68. The molecule has 15 heavy (non-hydrogen) atoms. The summed E-state index contributed by atoms with van der Waals surface area (Å²) in [7, 11) is 1.93. The summed E-state index contributed by atoms with van der Waals surface area (Å²) in [6.45, 7) is 4.12. The number of rotatable bonds is 5. The molecule has 4 nitrogen and oxygen atoms in total. The fourth-order valence-electron chi connectivity index (χ4n) is 1.06. The largest absolute Gasteiger partial charge is 0.380 e. The molecular weight excluding hydrogens is 281 g/mol. The van der Waals surface area contributed by atoms with Crippen LogP contribution in [-0.2, 0) is 4.74 Å². The van der Waals surface area contributed by atoms with Crippen molar-refractivity contribution in [3.63, 3.8) is 0 Å². The zero-order valence-corrected chi connectivity index (χ0v) is 11.0. The molecule has 1 aromatic rings. The van der Waals surface area contributed by atoms with E-state index in [0.29, 0.717) is 6.61 Å². The number of ether oxygens (including phenoxy) is 1. The molecule has 0 amide bonds. The van der Waals surface area contributed by atoms with Crippen LogP contribution in [0.25, 0.3) is 0 Å². The summed E-state index contributed by atoms with van der Waals surface area (Å²) in [5.41, 5.74) is 0. The number of hydrogen-bond acceptors (Lipinski definition) is 4. The predicted octanol–water partition coefficient (Wildman–Crippen LogP) is 2.37. The van der Waals surface area contributed by atoms with E-state index in [1.807, 2.05) is 18.9 Å². The highest BCUT2D eigenvalue weighted by Gasteiger charge is 2.08. The van der Waals surface area contributed by atoms with Gasteiger partial charge in [-0.05, 0) is 34.5 Å². The van der Waals surface area contributed by atoms with Crippen molar-refractivity contribution in [3.8, 4) is 0 Å². The molecule has 0 aromatic carbocycles. The van der Waals surface area contributed by atoms with Crippen molar-refractivity contribution < 1.29 is 4.74 Å². The lowest BCUT2D eigenvalue weighted by Gasteiger charge is -2.18. The number of nitrogens with zero attached hydrogens (tertiary/aromatic N) is 3. The number of halogens is 2. The van der Waals surface area contributed by atoms with Crippen LogP contribution in [0.5, 0.6) is 0 Å². The minimum atomic E-state index is 0.247. The Bertz CT molecular complexity index is 324. The normalized spacial score (nSPS) is 10.4. The Labute approximate surface area is 103 Å². The molecular formula is C9H13BrClN3O. The van der Waals surface area contributed by atoms with Gasteiger partial charge in [-0.25, -0.2) is 4.98 Å². The SMILES string of the molecule is CCOCCN(C)c1nc(Cl)ncc1Br. The first-order chi connectivity index (χ1) is 7.15. The lowest BCUT2D eigenvalue weighted by Crippen LogP contribution is -2.24. The molecule has 1 heterocycles. The monoisotopic (exact) mass is 293 g/mol. The molecule has 0 fully saturated rings. The molecule has 84 valence electrons. The highest BCUT2D eigenvalue weighted by Crippen LogP contribution is 2.22. The fraction of sp³-hybridized carbons (Fsp3) is 0.556. The molecule has 0 N–H and O–H groups in total.